The summed E-state index contributed by atoms with van der Waals surface area (Å²) in [5.74, 6) is 0.382. The Labute approximate surface area is 127 Å². The highest BCUT2D eigenvalue weighted by Crippen LogP contribution is 2.20. The molecule has 6 nitrogen and oxygen atoms in total. The summed E-state index contributed by atoms with van der Waals surface area (Å²) >= 11 is 0. The van der Waals surface area contributed by atoms with Crippen LogP contribution in [-0.2, 0) is 14.8 Å². The van der Waals surface area contributed by atoms with Gasteiger partial charge in [-0.05, 0) is 32.1 Å². The van der Waals surface area contributed by atoms with Gasteiger partial charge >= 0.3 is 0 Å². The summed E-state index contributed by atoms with van der Waals surface area (Å²) in [4.78, 5) is 14.2. The average Bonchev–Trinajstić information content (AvgIpc) is 2.92. The zero-order chi connectivity index (χ0) is 15.6. The number of hydrogen-bond donors (Lipinski definition) is 1. The van der Waals surface area contributed by atoms with E-state index < -0.39 is 10.0 Å². The monoisotopic (exact) mass is 317 g/mol. The second-order valence-electron chi connectivity index (χ2n) is 6.41. The van der Waals surface area contributed by atoms with E-state index in [0.717, 1.165) is 32.4 Å². The highest BCUT2D eigenvalue weighted by Gasteiger charge is 2.33. The molecule has 7 heteroatoms. The SMILES string of the molecule is C[C@H](N[C@@H]1CCN(S(C)(=O)=O)C[C@H]1C)C(=O)N1CCCC1. The zero-order valence-electron chi connectivity index (χ0n) is 13.2. The second-order valence-corrected chi connectivity index (χ2v) is 8.40. The van der Waals surface area contributed by atoms with E-state index in [4.69, 9.17) is 0 Å². The molecule has 0 aromatic rings. The quantitative estimate of drug-likeness (QED) is 0.807. The van der Waals surface area contributed by atoms with Gasteiger partial charge in [0.25, 0.3) is 0 Å². The number of nitrogens with one attached hydrogen (secondary N) is 1. The van der Waals surface area contributed by atoms with Crippen molar-refractivity contribution in [3.63, 3.8) is 0 Å². The summed E-state index contributed by atoms with van der Waals surface area (Å²) in [5.41, 5.74) is 0. The molecule has 1 N–H and O–H groups in total. The molecule has 0 aromatic carbocycles. The number of rotatable bonds is 4. The van der Waals surface area contributed by atoms with Crippen LogP contribution in [0.25, 0.3) is 0 Å². The standard InChI is InChI=1S/C14H27N3O3S/c1-11-10-17(21(3,19)20)9-6-13(11)15-12(2)14(18)16-7-4-5-8-16/h11-13,15H,4-10H2,1-3H3/t11-,12+,13-/m1/s1. The van der Waals surface area contributed by atoms with Crippen LogP contribution < -0.4 is 5.32 Å². The number of carbonyl (C=O) groups is 1. The first-order valence-corrected chi connectivity index (χ1v) is 9.64. The molecule has 0 aliphatic carbocycles. The van der Waals surface area contributed by atoms with E-state index in [1.165, 1.54) is 10.6 Å². The normalized spacial score (nSPS) is 29.6. The summed E-state index contributed by atoms with van der Waals surface area (Å²) in [6.45, 7) is 6.75. The van der Waals surface area contributed by atoms with Gasteiger partial charge in [0, 0.05) is 32.2 Å². The molecule has 0 bridgehead atoms. The number of carbonyl (C=O) groups excluding carboxylic acids is 1. The Hall–Kier alpha value is -0.660. The van der Waals surface area contributed by atoms with Crippen LogP contribution in [0.3, 0.4) is 0 Å². The fourth-order valence-electron chi connectivity index (χ4n) is 3.26. The maximum Gasteiger partial charge on any atom is 0.239 e. The molecule has 2 fully saturated rings. The van der Waals surface area contributed by atoms with Crippen LogP contribution in [0, 0.1) is 5.92 Å². The summed E-state index contributed by atoms with van der Waals surface area (Å²) in [5, 5.41) is 3.40. The van der Waals surface area contributed by atoms with Crippen LogP contribution in [0.1, 0.15) is 33.1 Å². The number of likely N-dealkylation sites (tertiary alicyclic amines) is 1. The second kappa shape index (κ2) is 6.62. The van der Waals surface area contributed by atoms with Gasteiger partial charge in [0.15, 0.2) is 0 Å². The molecule has 122 valence electrons. The molecule has 0 radical (unpaired) electrons. The molecule has 0 spiro atoms. The van der Waals surface area contributed by atoms with Gasteiger partial charge in [0.1, 0.15) is 0 Å². The van der Waals surface area contributed by atoms with Crippen molar-refractivity contribution in [2.24, 2.45) is 5.92 Å². The van der Waals surface area contributed by atoms with Crippen LogP contribution in [0.2, 0.25) is 0 Å². The third-order valence-corrected chi connectivity index (χ3v) is 5.86. The molecule has 3 atom stereocenters. The van der Waals surface area contributed by atoms with Crippen LogP contribution in [0.15, 0.2) is 0 Å². The van der Waals surface area contributed by atoms with Crippen molar-refractivity contribution in [1.82, 2.24) is 14.5 Å². The van der Waals surface area contributed by atoms with Gasteiger partial charge in [-0.2, -0.15) is 0 Å². The molecule has 0 unspecified atom stereocenters. The first-order chi connectivity index (χ1) is 9.79. The molecule has 2 saturated heterocycles. The fourth-order valence-corrected chi connectivity index (χ4v) is 4.20. The Morgan fingerprint density at radius 2 is 1.86 bits per heavy atom. The Kier molecular flexibility index (Phi) is 5.27. The molecule has 2 aliphatic heterocycles. The van der Waals surface area contributed by atoms with Crippen LogP contribution in [-0.4, -0.2) is 68.0 Å². The third-order valence-electron chi connectivity index (χ3n) is 4.59. The molecule has 0 saturated carbocycles. The zero-order valence-corrected chi connectivity index (χ0v) is 14.0. The van der Waals surface area contributed by atoms with Crippen LogP contribution in [0.5, 0.6) is 0 Å². The summed E-state index contributed by atoms with van der Waals surface area (Å²) in [6, 6.07) is 0.00452. The van der Waals surface area contributed by atoms with E-state index >= 15 is 0 Å². The topological polar surface area (TPSA) is 69.7 Å². The predicted molar refractivity (Wildman–Crippen MR) is 82.4 cm³/mol. The highest BCUT2D eigenvalue weighted by atomic mass is 32.2. The van der Waals surface area contributed by atoms with Crippen molar-refractivity contribution in [1.29, 1.82) is 0 Å². The number of piperidine rings is 1. The highest BCUT2D eigenvalue weighted by molar-refractivity contribution is 7.88. The molecule has 0 aromatic heterocycles. The van der Waals surface area contributed by atoms with E-state index in [0.29, 0.717) is 13.1 Å². The lowest BCUT2D eigenvalue weighted by Crippen LogP contribution is -2.55. The van der Waals surface area contributed by atoms with Gasteiger partial charge in [-0.1, -0.05) is 6.92 Å². The molecule has 2 aliphatic rings. The van der Waals surface area contributed by atoms with Gasteiger partial charge in [-0.15, -0.1) is 0 Å². The lowest BCUT2D eigenvalue weighted by atomic mass is 9.94. The number of nitrogens with zero attached hydrogens (tertiary/aromatic N) is 2. The van der Waals surface area contributed by atoms with Crippen molar-refractivity contribution >= 4 is 15.9 Å². The van der Waals surface area contributed by atoms with E-state index in [9.17, 15) is 13.2 Å². The fraction of sp³-hybridized carbons (Fsp3) is 0.929. The first kappa shape index (κ1) is 16.7. The molecule has 1 amide bonds. The van der Waals surface area contributed by atoms with Gasteiger partial charge in [0.2, 0.25) is 15.9 Å². The Balaban J connectivity index is 1.87. The summed E-state index contributed by atoms with van der Waals surface area (Å²) < 4.78 is 24.7. The predicted octanol–water partition coefficient (Wildman–Crippen LogP) is 0.257. The minimum atomic E-state index is -3.11. The summed E-state index contributed by atoms with van der Waals surface area (Å²) in [7, 11) is -3.11. The summed E-state index contributed by atoms with van der Waals surface area (Å²) in [6.07, 6.45) is 4.21. The maximum atomic E-state index is 12.3. The average molecular weight is 317 g/mol. The van der Waals surface area contributed by atoms with Crippen LogP contribution >= 0.6 is 0 Å². The van der Waals surface area contributed by atoms with E-state index in [2.05, 4.69) is 5.32 Å². The lowest BCUT2D eigenvalue weighted by Gasteiger charge is -2.37. The van der Waals surface area contributed by atoms with Gasteiger partial charge in [-0.25, -0.2) is 12.7 Å². The molecular formula is C14H27N3O3S. The first-order valence-electron chi connectivity index (χ1n) is 7.79. The lowest BCUT2D eigenvalue weighted by molar-refractivity contribution is -0.132. The van der Waals surface area contributed by atoms with Gasteiger partial charge < -0.3 is 10.2 Å². The Morgan fingerprint density at radius 1 is 1.24 bits per heavy atom. The minimum absolute atomic E-state index is 0.172. The number of hydrogen-bond acceptors (Lipinski definition) is 4. The van der Waals surface area contributed by atoms with E-state index in [1.807, 2.05) is 18.7 Å². The van der Waals surface area contributed by atoms with Crippen LogP contribution in [0.4, 0.5) is 0 Å². The van der Waals surface area contributed by atoms with E-state index in [1.54, 1.807) is 0 Å². The molecule has 21 heavy (non-hydrogen) atoms. The van der Waals surface area contributed by atoms with Crippen molar-refractivity contribution in [2.45, 2.75) is 45.2 Å². The maximum absolute atomic E-state index is 12.3. The van der Waals surface area contributed by atoms with Crippen molar-refractivity contribution in [3.05, 3.63) is 0 Å². The molecular weight excluding hydrogens is 290 g/mol. The van der Waals surface area contributed by atoms with E-state index in [-0.39, 0.29) is 23.9 Å². The van der Waals surface area contributed by atoms with Crippen molar-refractivity contribution in [3.8, 4) is 0 Å². The molecule has 2 heterocycles. The number of sulfonamides is 1. The smallest absolute Gasteiger partial charge is 0.239 e. The Morgan fingerprint density at radius 3 is 2.38 bits per heavy atom. The van der Waals surface area contributed by atoms with Crippen molar-refractivity contribution in [2.75, 3.05) is 32.4 Å². The van der Waals surface area contributed by atoms with Crippen molar-refractivity contribution < 1.29 is 13.2 Å². The molecule has 2 rings (SSSR count). The van der Waals surface area contributed by atoms with Gasteiger partial charge in [0.05, 0.1) is 12.3 Å². The Bertz CT molecular complexity index is 474. The third kappa shape index (κ3) is 4.17. The minimum Gasteiger partial charge on any atom is -0.341 e. The largest absolute Gasteiger partial charge is 0.341 e. The van der Waals surface area contributed by atoms with Gasteiger partial charge in [-0.3, -0.25) is 4.79 Å². The number of amides is 1.